The van der Waals surface area contributed by atoms with E-state index in [1.807, 2.05) is 0 Å². The van der Waals surface area contributed by atoms with Gasteiger partial charge in [0.15, 0.2) is 16.6 Å². The predicted octanol–water partition coefficient (Wildman–Crippen LogP) is -1.03. The number of halogens is 1. The Kier molecular flexibility index (Phi) is 9.59. The Balaban J connectivity index is 0.00000370. The molecule has 202 valence electrons. The quantitative estimate of drug-likeness (QED) is 0.0784. The molecule has 0 saturated carbocycles. The zero-order valence-corrected chi connectivity index (χ0v) is 26.1. The summed E-state index contributed by atoms with van der Waals surface area (Å²) in [6.07, 6.45) is 0. The van der Waals surface area contributed by atoms with Crippen molar-refractivity contribution in [1.29, 1.82) is 0 Å². The van der Waals surface area contributed by atoms with Crippen LogP contribution in [-0.4, -0.2) is 68.5 Å². The molecule has 2 aromatic heterocycles. The predicted molar refractivity (Wildman–Crippen MR) is 148 cm³/mol. The number of amides is 1. The maximum Gasteiger partial charge on any atom is 1.00 e. The number of β-lactam (4-membered cyclic amide) rings is 1. The van der Waals surface area contributed by atoms with Crippen molar-refractivity contribution >= 4 is 84.9 Å². The van der Waals surface area contributed by atoms with Gasteiger partial charge in [0, 0.05) is 38.9 Å². The smallest absolute Gasteiger partial charge is 0.857 e. The minimum absolute atomic E-state index is 0. The average molecular weight is 630 g/mol. The van der Waals surface area contributed by atoms with Crippen molar-refractivity contribution in [2.24, 2.45) is 10.1 Å². The molecule has 17 heteroatoms. The third-order valence-corrected chi connectivity index (χ3v) is 10.1. The molecule has 0 unspecified atom stereocenters. The number of benzene rings is 1. The number of thiazole rings is 1. The number of rotatable bonds is 8. The molecule has 5 rings (SSSR count). The number of nitrogens with two attached hydrogens (primary N) is 1. The Bertz CT molecular complexity index is 1660. The fourth-order valence-corrected chi connectivity index (χ4v) is 8.23. The number of fused-ring (bicyclic) bond motifs is 2. The first-order chi connectivity index (χ1) is 18.7. The number of carbonyl (C=O) groups is 2. The van der Waals surface area contributed by atoms with E-state index in [9.17, 15) is 29.0 Å². The summed E-state index contributed by atoms with van der Waals surface area (Å²) in [5.41, 5.74) is 5.60. The number of nitrogens with zero attached hydrogens (tertiary/aromatic N) is 4. The summed E-state index contributed by atoms with van der Waals surface area (Å²) in [6.45, 7) is 0. The second-order valence-corrected chi connectivity index (χ2v) is 12.5. The molecular weight excluding hydrogens is 613 g/mol. The van der Waals surface area contributed by atoms with Crippen LogP contribution in [0.2, 0.25) is 0 Å². The van der Waals surface area contributed by atoms with Crippen LogP contribution >= 0.6 is 46.2 Å². The van der Waals surface area contributed by atoms with Crippen LogP contribution in [0.15, 0.2) is 60.1 Å². The van der Waals surface area contributed by atoms with E-state index in [1.165, 1.54) is 71.6 Å². The van der Waals surface area contributed by atoms with Gasteiger partial charge in [0.2, 0.25) is 0 Å². The van der Waals surface area contributed by atoms with E-state index in [-0.39, 0.29) is 68.7 Å². The normalized spacial score (nSPS) is 19.2. The second-order valence-electron chi connectivity index (χ2n) is 8.10. The molecule has 1 fully saturated rings. The molecule has 2 atom stereocenters. The zero-order chi connectivity index (χ0) is 27.8. The van der Waals surface area contributed by atoms with E-state index in [4.69, 9.17) is 10.6 Å². The Morgan fingerprint density at radius 2 is 2.15 bits per heavy atom. The first-order valence-electron chi connectivity index (χ1n) is 11.0. The van der Waals surface area contributed by atoms with Gasteiger partial charge in [0.05, 0.1) is 4.21 Å². The number of hydrogen-bond acceptors (Lipinski definition) is 13. The third-order valence-electron chi connectivity index (χ3n) is 5.69. The number of nitrogen functional groups attached to an aromatic ring is 1. The van der Waals surface area contributed by atoms with Crippen LogP contribution in [-0.2, 0) is 14.4 Å². The van der Waals surface area contributed by atoms with E-state index in [2.05, 4.69) is 15.1 Å². The molecule has 3 N–H and O–H groups in total. The standard InChI is InChI=1S/C23H18FN5O6S4.Na/c1-35-28-16(12-8-38-23(25)26-12)19(31)27-17-20(32)29-18(22(33)34)9(7-37-21(17)29)6-36-15-5-13(30)11-3-2-10(24)4-14(11)39-15;/h2-5,8,17,21H,6-7H2,1H3,(H2,25,26)(H,27,31)(H,33,34);/q;+1/p-1/b28-16+;/t17-,21-;/m1./s1. The number of carboxylic acid groups (broad SMARTS) is 1. The van der Waals surface area contributed by atoms with Crippen molar-refractivity contribution < 1.29 is 58.6 Å². The minimum atomic E-state index is -1.29. The van der Waals surface area contributed by atoms with Crippen LogP contribution in [0.25, 0.3) is 10.1 Å². The Hall–Kier alpha value is -2.47. The van der Waals surface area contributed by atoms with E-state index in [0.29, 0.717) is 19.9 Å². The number of carboxylic acids is 1. The minimum Gasteiger partial charge on any atom is -0.857 e. The van der Waals surface area contributed by atoms with E-state index >= 15 is 0 Å². The van der Waals surface area contributed by atoms with E-state index in [1.54, 1.807) is 0 Å². The molecule has 0 spiro atoms. The fourth-order valence-electron chi connectivity index (χ4n) is 3.97. The number of aromatic nitrogens is 1. The van der Waals surface area contributed by atoms with Gasteiger partial charge in [-0.2, -0.15) is 0 Å². The summed E-state index contributed by atoms with van der Waals surface area (Å²) in [7, 11) is 1.24. The van der Waals surface area contributed by atoms with Crippen LogP contribution < -0.4 is 45.8 Å². The van der Waals surface area contributed by atoms with E-state index < -0.39 is 35.0 Å². The third kappa shape index (κ3) is 5.93. The summed E-state index contributed by atoms with van der Waals surface area (Å²) >= 11 is 4.82. The van der Waals surface area contributed by atoms with Crippen LogP contribution in [0.1, 0.15) is 5.69 Å². The molecule has 2 aliphatic rings. The first kappa shape index (κ1) is 30.5. The maximum absolute atomic E-state index is 13.7. The van der Waals surface area contributed by atoms with Crippen molar-refractivity contribution in [3.8, 4) is 0 Å². The summed E-state index contributed by atoms with van der Waals surface area (Å²) in [4.78, 5) is 51.4. The van der Waals surface area contributed by atoms with Gasteiger partial charge in [-0.15, -0.1) is 46.2 Å². The number of thioether (sulfide) groups is 2. The zero-order valence-electron chi connectivity index (χ0n) is 20.8. The Morgan fingerprint density at radius 3 is 2.83 bits per heavy atom. The number of anilines is 1. The molecule has 1 amide bonds. The molecular formula is C23H17FN5NaO6S4. The van der Waals surface area contributed by atoms with Gasteiger partial charge in [0.1, 0.15) is 35.4 Å². The molecule has 2 aliphatic heterocycles. The molecule has 0 aliphatic carbocycles. The summed E-state index contributed by atoms with van der Waals surface area (Å²) < 4.78 is 14.7. The van der Waals surface area contributed by atoms with Gasteiger partial charge in [0.25, 0.3) is 5.91 Å². The first-order valence-corrected chi connectivity index (χ1v) is 14.7. The van der Waals surface area contributed by atoms with Gasteiger partial charge in [-0.3, -0.25) is 19.5 Å². The average Bonchev–Trinajstić information content (AvgIpc) is 3.33. The van der Waals surface area contributed by atoms with E-state index in [0.717, 1.165) is 16.2 Å². The largest absolute Gasteiger partial charge is 1.00 e. The van der Waals surface area contributed by atoms with Crippen molar-refractivity contribution in [3.63, 3.8) is 0 Å². The van der Waals surface area contributed by atoms with Crippen molar-refractivity contribution in [2.45, 2.75) is 15.6 Å². The number of aliphatic imine (C=N–C) groups is 1. The van der Waals surface area contributed by atoms with Gasteiger partial charge < -0.3 is 20.8 Å². The Labute approximate surface area is 264 Å². The van der Waals surface area contributed by atoms with Crippen molar-refractivity contribution in [2.75, 3.05) is 24.3 Å². The summed E-state index contributed by atoms with van der Waals surface area (Å²) in [5.74, 6) is -2.77. The fraction of sp³-hybridized carbons (Fsp3) is 0.217. The topological polar surface area (TPSA) is 171 Å². The number of oxime groups is 1. The molecule has 1 saturated heterocycles. The monoisotopic (exact) mass is 629 g/mol. The molecule has 11 nitrogen and oxygen atoms in total. The number of aliphatic carboxylic acids is 1. The maximum atomic E-state index is 13.7. The molecule has 1 aromatic carbocycles. The molecule has 0 bridgehead atoms. The molecule has 4 heterocycles. The number of hydrogen-bond donors (Lipinski definition) is 2. The van der Waals surface area contributed by atoms with Crippen LogP contribution in [0.5, 0.6) is 0 Å². The van der Waals surface area contributed by atoms with Gasteiger partial charge in [-0.1, -0.05) is 5.16 Å². The van der Waals surface area contributed by atoms with Crippen molar-refractivity contribution in [3.05, 3.63) is 62.7 Å². The summed E-state index contributed by atoms with van der Waals surface area (Å²) in [6, 6.07) is 4.26. The second kappa shape index (κ2) is 12.6. The van der Waals surface area contributed by atoms with Crippen LogP contribution in [0, 0.1) is 5.82 Å². The molecule has 0 radical (unpaired) electrons. The molecule has 40 heavy (non-hydrogen) atoms. The number of carbonyl (C=O) groups excluding carboxylic acids is 1. The van der Waals surface area contributed by atoms with Gasteiger partial charge >= 0.3 is 35.5 Å². The summed E-state index contributed by atoms with van der Waals surface area (Å²) in [5, 5.41) is 27.9. The van der Waals surface area contributed by atoms with Gasteiger partial charge in [-0.25, -0.2) is 14.2 Å². The Morgan fingerprint density at radius 1 is 1.38 bits per heavy atom. The SMILES string of the molecule is CO/N=C(/C([O-])=N[C@@H]1C(=O)N2C(C(=O)O)=C(CSc3cc(=O)c4ccc(F)cc4s3)CS[C@H]12)c1csc(N)n1.[Na+]. The van der Waals surface area contributed by atoms with Gasteiger partial charge in [-0.05, 0) is 23.8 Å². The van der Waals surface area contributed by atoms with Crippen LogP contribution in [0.4, 0.5) is 9.52 Å². The van der Waals surface area contributed by atoms with Crippen LogP contribution in [0.3, 0.4) is 0 Å². The molecule has 3 aromatic rings. The van der Waals surface area contributed by atoms with Crippen molar-refractivity contribution in [1.82, 2.24) is 9.88 Å².